The first kappa shape index (κ1) is 15.2. The molecule has 1 aliphatic rings. The second-order valence-corrected chi connectivity index (χ2v) is 6.98. The van der Waals surface area contributed by atoms with Gasteiger partial charge in [0.15, 0.2) is 0 Å². The smallest absolute Gasteiger partial charge is 0.101 e. The first-order chi connectivity index (χ1) is 12.8. The minimum atomic E-state index is 0.421. The minimum absolute atomic E-state index is 0.421. The fourth-order valence-electron chi connectivity index (χ4n) is 4.08. The molecule has 4 aromatic rings. The molecule has 26 heavy (non-hydrogen) atoms. The molecule has 0 radical (unpaired) electrons. The van der Waals surface area contributed by atoms with E-state index in [2.05, 4.69) is 96.5 Å². The Hall–Kier alpha value is -3.13. The van der Waals surface area contributed by atoms with Crippen molar-refractivity contribution in [1.29, 1.82) is 0 Å². The lowest BCUT2D eigenvalue weighted by Crippen LogP contribution is -2.12. The largest absolute Gasteiger partial charge is 0.236 e. The molecule has 0 spiro atoms. The van der Waals surface area contributed by atoms with Crippen LogP contribution in [0.15, 0.2) is 84.9 Å². The summed E-state index contributed by atoms with van der Waals surface area (Å²) >= 11 is 0. The lowest BCUT2D eigenvalue weighted by Gasteiger charge is -2.24. The van der Waals surface area contributed by atoms with Crippen molar-refractivity contribution in [3.63, 3.8) is 0 Å². The Morgan fingerprint density at radius 3 is 2.23 bits per heavy atom. The van der Waals surface area contributed by atoms with Gasteiger partial charge in [-0.2, -0.15) is 5.10 Å². The molecule has 126 valence electrons. The van der Waals surface area contributed by atoms with E-state index in [1.165, 1.54) is 27.9 Å². The van der Waals surface area contributed by atoms with Gasteiger partial charge >= 0.3 is 0 Å². The van der Waals surface area contributed by atoms with Crippen LogP contribution in [0.3, 0.4) is 0 Å². The minimum Gasteiger partial charge on any atom is -0.236 e. The van der Waals surface area contributed by atoms with Crippen LogP contribution >= 0.6 is 0 Å². The van der Waals surface area contributed by atoms with Crippen LogP contribution < -0.4 is 0 Å². The summed E-state index contributed by atoms with van der Waals surface area (Å²) in [7, 11) is 0. The highest BCUT2D eigenvalue weighted by Crippen LogP contribution is 2.45. The molecule has 1 atom stereocenters. The van der Waals surface area contributed by atoms with Gasteiger partial charge in [0.05, 0.1) is 11.4 Å². The summed E-state index contributed by atoms with van der Waals surface area (Å²) in [5.41, 5.74) is 8.70. The molecule has 0 aliphatic heterocycles. The molecule has 0 fully saturated rings. The highest BCUT2D eigenvalue weighted by Gasteiger charge is 2.30. The number of fused-ring (bicyclic) bond motifs is 3. The van der Waals surface area contributed by atoms with E-state index in [9.17, 15) is 0 Å². The predicted molar refractivity (Wildman–Crippen MR) is 107 cm³/mol. The van der Waals surface area contributed by atoms with E-state index in [0.29, 0.717) is 5.92 Å². The molecule has 2 nitrogen and oxygen atoms in total. The van der Waals surface area contributed by atoms with E-state index >= 15 is 0 Å². The molecule has 0 saturated carbocycles. The summed E-state index contributed by atoms with van der Waals surface area (Å²) in [6.45, 7) is 2.31. The highest BCUT2D eigenvalue weighted by molar-refractivity contribution is 5.86. The van der Waals surface area contributed by atoms with E-state index in [1.54, 1.807) is 0 Å². The van der Waals surface area contributed by atoms with Crippen LogP contribution in [0.4, 0.5) is 0 Å². The van der Waals surface area contributed by atoms with Crippen molar-refractivity contribution in [1.82, 2.24) is 9.78 Å². The van der Waals surface area contributed by atoms with Gasteiger partial charge in [-0.15, -0.1) is 0 Å². The van der Waals surface area contributed by atoms with Gasteiger partial charge in [-0.1, -0.05) is 79.7 Å². The lowest BCUT2D eigenvalue weighted by molar-refractivity contribution is 0.674. The molecular formula is C24H20N2. The molecule has 2 heteroatoms. The number of nitrogens with zero attached hydrogens (tertiary/aromatic N) is 2. The van der Waals surface area contributed by atoms with Crippen LogP contribution in [0.2, 0.25) is 0 Å². The fraction of sp³-hybridized carbons (Fsp3) is 0.125. The number of rotatable bonds is 2. The SMILES string of the molecule is CC1Cc2ccccc2-c2c(-c3ccccc3)nn(-c3ccccc3)c21. The Kier molecular flexibility index (Phi) is 3.49. The lowest BCUT2D eigenvalue weighted by atomic mass is 9.81. The van der Waals surface area contributed by atoms with Gasteiger partial charge in [-0.25, -0.2) is 4.68 Å². The van der Waals surface area contributed by atoms with Crippen LogP contribution in [0.5, 0.6) is 0 Å². The Bertz CT molecular complexity index is 1060. The Labute approximate surface area is 153 Å². The summed E-state index contributed by atoms with van der Waals surface area (Å²) in [4.78, 5) is 0. The van der Waals surface area contributed by atoms with Crippen LogP contribution in [0.1, 0.15) is 24.1 Å². The Balaban J connectivity index is 1.85. The van der Waals surface area contributed by atoms with Crippen molar-refractivity contribution < 1.29 is 0 Å². The maximum absolute atomic E-state index is 5.10. The van der Waals surface area contributed by atoms with E-state index in [1.807, 2.05) is 0 Å². The molecule has 0 N–H and O–H groups in total. The zero-order valence-corrected chi connectivity index (χ0v) is 14.8. The van der Waals surface area contributed by atoms with E-state index in [4.69, 9.17) is 5.10 Å². The monoisotopic (exact) mass is 336 g/mol. The summed E-state index contributed by atoms with van der Waals surface area (Å²) in [6.07, 6.45) is 1.05. The number of aromatic nitrogens is 2. The first-order valence-corrected chi connectivity index (χ1v) is 9.15. The molecule has 1 aromatic heterocycles. The number of benzene rings is 3. The van der Waals surface area contributed by atoms with Gasteiger partial charge in [0, 0.05) is 17.0 Å². The second-order valence-electron chi connectivity index (χ2n) is 6.98. The zero-order valence-electron chi connectivity index (χ0n) is 14.8. The summed E-state index contributed by atoms with van der Waals surface area (Å²) in [6, 6.07) is 29.8. The van der Waals surface area contributed by atoms with Gasteiger partial charge in [-0.3, -0.25) is 0 Å². The maximum atomic E-state index is 5.10. The first-order valence-electron chi connectivity index (χ1n) is 9.15. The van der Waals surface area contributed by atoms with Crippen molar-refractivity contribution in [3.8, 4) is 28.1 Å². The molecule has 3 aromatic carbocycles. The molecule has 0 saturated heterocycles. The fourth-order valence-corrected chi connectivity index (χ4v) is 4.08. The molecular weight excluding hydrogens is 316 g/mol. The number of hydrogen-bond acceptors (Lipinski definition) is 1. The van der Waals surface area contributed by atoms with Gasteiger partial charge < -0.3 is 0 Å². The standard InChI is InChI=1S/C24H20N2/c1-17-16-19-12-8-9-15-21(19)22-23(18-10-4-2-5-11-18)25-26(24(17)22)20-13-6-3-7-14-20/h2-15,17H,16H2,1H3. The maximum Gasteiger partial charge on any atom is 0.101 e. The molecule has 0 amide bonds. The third-order valence-corrected chi connectivity index (χ3v) is 5.25. The number of hydrogen-bond donors (Lipinski definition) is 0. The normalized spacial score (nSPS) is 15.3. The Morgan fingerprint density at radius 1 is 0.808 bits per heavy atom. The third-order valence-electron chi connectivity index (χ3n) is 5.25. The summed E-state index contributed by atoms with van der Waals surface area (Å²) in [5, 5.41) is 5.10. The average Bonchev–Trinajstić information content (AvgIpc) is 3.11. The molecule has 5 rings (SSSR count). The van der Waals surface area contributed by atoms with Crippen molar-refractivity contribution in [2.24, 2.45) is 0 Å². The Morgan fingerprint density at radius 2 is 1.46 bits per heavy atom. The van der Waals surface area contributed by atoms with Crippen molar-refractivity contribution in [2.75, 3.05) is 0 Å². The molecule has 1 aliphatic carbocycles. The van der Waals surface area contributed by atoms with Crippen LogP contribution in [-0.2, 0) is 6.42 Å². The number of para-hydroxylation sites is 1. The van der Waals surface area contributed by atoms with Crippen molar-refractivity contribution in [3.05, 3.63) is 96.2 Å². The van der Waals surface area contributed by atoms with Gasteiger partial charge in [-0.05, 0) is 29.7 Å². The molecule has 1 heterocycles. The van der Waals surface area contributed by atoms with E-state index in [-0.39, 0.29) is 0 Å². The van der Waals surface area contributed by atoms with Gasteiger partial charge in [0.2, 0.25) is 0 Å². The third kappa shape index (κ3) is 2.30. The van der Waals surface area contributed by atoms with Crippen LogP contribution in [0.25, 0.3) is 28.1 Å². The van der Waals surface area contributed by atoms with E-state index in [0.717, 1.165) is 17.8 Å². The quantitative estimate of drug-likeness (QED) is 0.448. The van der Waals surface area contributed by atoms with Crippen LogP contribution in [0, 0.1) is 0 Å². The van der Waals surface area contributed by atoms with Gasteiger partial charge in [0.1, 0.15) is 5.69 Å². The average molecular weight is 336 g/mol. The van der Waals surface area contributed by atoms with Crippen LogP contribution in [-0.4, -0.2) is 9.78 Å². The zero-order chi connectivity index (χ0) is 17.5. The van der Waals surface area contributed by atoms with E-state index < -0.39 is 0 Å². The predicted octanol–water partition coefficient (Wildman–Crippen LogP) is 5.87. The highest BCUT2D eigenvalue weighted by atomic mass is 15.3. The molecule has 0 bridgehead atoms. The summed E-state index contributed by atoms with van der Waals surface area (Å²) in [5.74, 6) is 0.421. The topological polar surface area (TPSA) is 17.8 Å². The van der Waals surface area contributed by atoms with Crippen molar-refractivity contribution in [2.45, 2.75) is 19.3 Å². The molecule has 1 unspecified atom stereocenters. The second kappa shape index (κ2) is 5.99. The van der Waals surface area contributed by atoms with Gasteiger partial charge in [0.25, 0.3) is 0 Å². The van der Waals surface area contributed by atoms with Crippen molar-refractivity contribution >= 4 is 0 Å². The summed E-state index contributed by atoms with van der Waals surface area (Å²) < 4.78 is 2.15.